The molecule has 1 atom stereocenters. The van der Waals surface area contributed by atoms with E-state index in [2.05, 4.69) is 20.7 Å². The molecule has 6 rings (SSSR count). The summed E-state index contributed by atoms with van der Waals surface area (Å²) in [5.41, 5.74) is 1.68. The fourth-order valence-electron chi connectivity index (χ4n) is 4.66. The van der Waals surface area contributed by atoms with Crippen molar-refractivity contribution in [2.45, 2.75) is 18.6 Å². The van der Waals surface area contributed by atoms with Gasteiger partial charge in [-0.1, -0.05) is 47.1 Å². The number of amides is 1. The van der Waals surface area contributed by atoms with Gasteiger partial charge in [-0.15, -0.1) is 10.2 Å². The maximum Gasteiger partial charge on any atom is 0.436 e. The van der Waals surface area contributed by atoms with E-state index in [-0.39, 0.29) is 25.1 Å². The maximum atomic E-state index is 13.6. The Labute approximate surface area is 247 Å². The average molecular weight is 613 g/mol. The fourth-order valence-corrected chi connectivity index (χ4v) is 4.83. The first-order valence-electron chi connectivity index (χ1n) is 13.0. The largest absolute Gasteiger partial charge is 0.436 e. The molecule has 15 heteroatoms. The molecule has 1 amide bonds. The van der Waals surface area contributed by atoms with Gasteiger partial charge in [0.2, 0.25) is 5.91 Å². The first kappa shape index (κ1) is 28.6. The summed E-state index contributed by atoms with van der Waals surface area (Å²) in [4.78, 5) is 25.6. The van der Waals surface area contributed by atoms with Crippen molar-refractivity contribution in [1.82, 2.24) is 29.8 Å². The molecule has 0 aliphatic carbocycles. The third kappa shape index (κ3) is 6.32. The van der Waals surface area contributed by atoms with Crippen molar-refractivity contribution in [2.24, 2.45) is 7.05 Å². The van der Waals surface area contributed by atoms with E-state index in [0.717, 1.165) is 27.3 Å². The van der Waals surface area contributed by atoms with Crippen molar-refractivity contribution in [1.29, 1.82) is 0 Å². The molecule has 3 aromatic carbocycles. The van der Waals surface area contributed by atoms with Crippen LogP contribution in [0.25, 0.3) is 16.6 Å². The first-order chi connectivity index (χ1) is 20.6. The molecule has 1 saturated heterocycles. The number of alkyl halides is 3. The van der Waals surface area contributed by atoms with Crippen LogP contribution in [0.2, 0.25) is 5.02 Å². The van der Waals surface area contributed by atoms with Crippen LogP contribution in [0.1, 0.15) is 11.3 Å². The molecule has 1 aliphatic rings. The molecule has 1 N–H and O–H groups in total. The molecule has 5 aromatic rings. The molecule has 11 nitrogen and oxygen atoms in total. The molecule has 222 valence electrons. The van der Waals surface area contributed by atoms with Gasteiger partial charge in [0, 0.05) is 29.3 Å². The molecule has 0 bridgehead atoms. The van der Waals surface area contributed by atoms with Gasteiger partial charge in [0.1, 0.15) is 6.04 Å². The Balaban J connectivity index is 1.22. The van der Waals surface area contributed by atoms with Crippen LogP contribution in [0.3, 0.4) is 0 Å². The van der Waals surface area contributed by atoms with E-state index in [1.165, 1.54) is 28.3 Å². The summed E-state index contributed by atoms with van der Waals surface area (Å²) in [6.07, 6.45) is -1.72. The number of halogens is 4. The zero-order chi connectivity index (χ0) is 30.1. The monoisotopic (exact) mass is 612 g/mol. The van der Waals surface area contributed by atoms with Gasteiger partial charge in [0.05, 0.1) is 23.1 Å². The fraction of sp³-hybridized carbons (Fsp3) is 0.214. The lowest BCUT2D eigenvalue weighted by Crippen LogP contribution is -2.52. The van der Waals surface area contributed by atoms with E-state index in [9.17, 15) is 18.0 Å². The molecule has 2 aromatic heterocycles. The van der Waals surface area contributed by atoms with Crippen molar-refractivity contribution in [2.75, 3.05) is 23.8 Å². The number of hydrogen-bond acceptors (Lipinski definition) is 8. The van der Waals surface area contributed by atoms with Crippen LogP contribution < -0.4 is 10.4 Å². The number of aromatic nitrogens is 5. The van der Waals surface area contributed by atoms with Gasteiger partial charge in [0.15, 0.2) is 19.2 Å². The van der Waals surface area contributed by atoms with Crippen molar-refractivity contribution in [3.8, 4) is 5.69 Å². The van der Waals surface area contributed by atoms with E-state index < -0.39 is 17.9 Å². The SMILES string of the molecule is Cn1cc2cc(NC(=O)C(Cc3ccccc3)N3CON(c4cc(Cl)ccc4-n4cc(C(F)(F)F)nn4)CO3)ccc2n1. The van der Waals surface area contributed by atoms with Crippen molar-refractivity contribution < 1.29 is 27.6 Å². The average Bonchev–Trinajstić information content (AvgIpc) is 3.63. The highest BCUT2D eigenvalue weighted by atomic mass is 35.5. The molecule has 0 radical (unpaired) electrons. The summed E-state index contributed by atoms with van der Waals surface area (Å²) in [5.74, 6) is -0.324. The van der Waals surface area contributed by atoms with Crippen LogP contribution in [0.4, 0.5) is 24.5 Å². The molecule has 0 saturated carbocycles. The van der Waals surface area contributed by atoms with Gasteiger partial charge in [0.25, 0.3) is 0 Å². The second kappa shape index (κ2) is 11.6. The third-order valence-corrected chi connectivity index (χ3v) is 6.96. The number of hydrogen-bond donors (Lipinski definition) is 1. The number of nitrogens with zero attached hydrogens (tertiary/aromatic N) is 7. The van der Waals surface area contributed by atoms with Gasteiger partial charge in [-0.25, -0.2) is 9.75 Å². The second-order valence-corrected chi connectivity index (χ2v) is 10.2. The Kier molecular flexibility index (Phi) is 7.75. The second-order valence-electron chi connectivity index (χ2n) is 9.76. The molecule has 0 spiro atoms. The zero-order valence-corrected chi connectivity index (χ0v) is 23.3. The molecule has 1 fully saturated rings. The number of carbonyl (C=O) groups excluding carboxylic acids is 1. The Morgan fingerprint density at radius 3 is 2.56 bits per heavy atom. The predicted octanol–water partition coefficient (Wildman–Crippen LogP) is 4.98. The molecule has 1 aliphatic heterocycles. The van der Waals surface area contributed by atoms with Gasteiger partial charge in [-0.3, -0.25) is 19.2 Å². The Morgan fingerprint density at radius 1 is 1.02 bits per heavy atom. The number of benzene rings is 3. The lowest BCUT2D eigenvalue weighted by atomic mass is 10.0. The lowest BCUT2D eigenvalue weighted by molar-refractivity contribution is -0.279. The number of nitrogens with one attached hydrogen (secondary N) is 1. The highest BCUT2D eigenvalue weighted by molar-refractivity contribution is 6.31. The van der Waals surface area contributed by atoms with Crippen LogP contribution >= 0.6 is 11.6 Å². The van der Waals surface area contributed by atoms with Crippen LogP contribution in [0, 0.1) is 0 Å². The number of hydroxylamine groups is 3. The van der Waals surface area contributed by atoms with E-state index in [1.54, 1.807) is 10.7 Å². The van der Waals surface area contributed by atoms with E-state index in [1.807, 2.05) is 55.7 Å². The topological polar surface area (TPSA) is 103 Å². The van der Waals surface area contributed by atoms with Crippen LogP contribution in [-0.2, 0) is 34.1 Å². The normalized spacial score (nSPS) is 15.1. The minimum absolute atomic E-state index is 0.177. The summed E-state index contributed by atoms with van der Waals surface area (Å²) in [6.45, 7) is -0.377. The van der Waals surface area contributed by atoms with Gasteiger partial charge < -0.3 is 5.32 Å². The summed E-state index contributed by atoms with van der Waals surface area (Å²) in [5, 5.41) is 18.1. The Bertz CT molecular complexity index is 1750. The number of carbonyl (C=O) groups is 1. The number of anilines is 2. The Morgan fingerprint density at radius 2 is 1.84 bits per heavy atom. The van der Waals surface area contributed by atoms with E-state index >= 15 is 0 Å². The minimum Gasteiger partial charge on any atom is -0.325 e. The summed E-state index contributed by atoms with van der Waals surface area (Å²) < 4.78 is 42.1. The van der Waals surface area contributed by atoms with Crippen LogP contribution in [0.5, 0.6) is 0 Å². The summed E-state index contributed by atoms with van der Waals surface area (Å²) in [6, 6.07) is 18.6. The summed E-state index contributed by atoms with van der Waals surface area (Å²) >= 11 is 6.21. The van der Waals surface area contributed by atoms with Crippen molar-refractivity contribution in [3.05, 3.63) is 95.4 Å². The molecule has 3 heterocycles. The third-order valence-electron chi connectivity index (χ3n) is 6.73. The van der Waals surface area contributed by atoms with E-state index in [4.69, 9.17) is 21.3 Å². The van der Waals surface area contributed by atoms with Crippen LogP contribution in [-0.4, -0.2) is 55.2 Å². The number of fused-ring (bicyclic) bond motifs is 1. The summed E-state index contributed by atoms with van der Waals surface area (Å²) in [7, 11) is 1.82. The molecular weight excluding hydrogens is 589 g/mol. The van der Waals surface area contributed by atoms with Crippen molar-refractivity contribution >= 4 is 39.8 Å². The molecule has 1 unspecified atom stereocenters. The first-order valence-corrected chi connectivity index (χ1v) is 13.4. The van der Waals surface area contributed by atoms with Crippen molar-refractivity contribution in [3.63, 3.8) is 0 Å². The van der Waals surface area contributed by atoms with Gasteiger partial charge >= 0.3 is 6.18 Å². The zero-order valence-electron chi connectivity index (χ0n) is 22.6. The van der Waals surface area contributed by atoms with Gasteiger partial charge in [-0.05, 0) is 48.4 Å². The number of rotatable bonds is 7. The maximum absolute atomic E-state index is 13.6. The van der Waals surface area contributed by atoms with Gasteiger partial charge in [-0.2, -0.15) is 18.3 Å². The lowest BCUT2D eigenvalue weighted by Gasteiger charge is -2.38. The number of aryl methyl sites for hydroxylation is 1. The quantitative estimate of drug-likeness (QED) is 0.275. The smallest absolute Gasteiger partial charge is 0.325 e. The van der Waals surface area contributed by atoms with Crippen LogP contribution in [0.15, 0.2) is 79.1 Å². The predicted molar refractivity (Wildman–Crippen MR) is 151 cm³/mol. The highest BCUT2D eigenvalue weighted by Crippen LogP contribution is 2.32. The standard InChI is InChI=1S/C28H24ClF3N8O3/c1-37-14-19-12-21(8-9-22(19)35-37)33-27(41)25(11-18-5-3-2-4-6-18)40-17-42-39(16-43-40)24-13-20(29)7-10-23(24)38-15-26(34-36-38)28(30,31)32/h2-10,12-15,25H,11,16-17H2,1H3,(H,33,41). The minimum atomic E-state index is -4.66. The Hall–Kier alpha value is -4.50. The molecular formula is C28H24ClF3N8O3. The highest BCUT2D eigenvalue weighted by Gasteiger charge is 2.36. The van der Waals surface area contributed by atoms with E-state index in [0.29, 0.717) is 22.8 Å². The molecule has 43 heavy (non-hydrogen) atoms.